The molecule has 0 aliphatic rings. The van der Waals surface area contributed by atoms with Gasteiger partial charge in [0.2, 0.25) is 0 Å². The summed E-state index contributed by atoms with van der Waals surface area (Å²) in [6.07, 6.45) is 1.51. The van der Waals surface area contributed by atoms with Gasteiger partial charge in [0.1, 0.15) is 5.69 Å². The van der Waals surface area contributed by atoms with E-state index in [4.69, 9.17) is 4.74 Å². The summed E-state index contributed by atoms with van der Waals surface area (Å²) in [6.45, 7) is 9.18. The standard InChI is InChI=1S/C24H27FN2O2Si/c1-17-13-23(22(25)15-18-9-11-21(12-10-18)30(3,4)5)26-27(17)16-19-7-6-8-20(14-19)24(28)29-2/h6-15H,16H2,1-5H3. The molecule has 0 aliphatic heterocycles. The Morgan fingerprint density at radius 3 is 2.47 bits per heavy atom. The van der Waals surface area contributed by atoms with Gasteiger partial charge >= 0.3 is 5.97 Å². The van der Waals surface area contributed by atoms with Crippen LogP contribution < -0.4 is 5.19 Å². The van der Waals surface area contributed by atoms with E-state index in [2.05, 4.69) is 36.9 Å². The van der Waals surface area contributed by atoms with Crippen LogP contribution in [0.2, 0.25) is 19.6 Å². The molecule has 0 unspecified atom stereocenters. The maximum absolute atomic E-state index is 14.8. The highest BCUT2D eigenvalue weighted by atomic mass is 28.3. The SMILES string of the molecule is COC(=O)c1cccc(Cn2nc(C(F)=Cc3ccc([Si](C)(C)C)cc3)cc2C)c1. The van der Waals surface area contributed by atoms with E-state index in [1.807, 2.05) is 25.1 Å². The van der Waals surface area contributed by atoms with Gasteiger partial charge in [-0.25, -0.2) is 9.18 Å². The molecule has 1 aromatic heterocycles. The summed E-state index contributed by atoms with van der Waals surface area (Å²) in [5, 5.41) is 5.76. The molecule has 0 bridgehead atoms. The molecule has 0 atom stereocenters. The zero-order chi connectivity index (χ0) is 21.9. The van der Waals surface area contributed by atoms with Gasteiger partial charge in [-0.2, -0.15) is 5.10 Å². The Morgan fingerprint density at radius 2 is 1.83 bits per heavy atom. The average Bonchev–Trinajstić information content (AvgIpc) is 3.08. The molecule has 0 saturated heterocycles. The molecule has 4 nitrogen and oxygen atoms in total. The van der Waals surface area contributed by atoms with E-state index in [9.17, 15) is 9.18 Å². The van der Waals surface area contributed by atoms with Crippen molar-refractivity contribution in [2.24, 2.45) is 0 Å². The number of halogens is 1. The number of aryl methyl sites for hydroxylation is 1. The zero-order valence-corrected chi connectivity index (χ0v) is 19.1. The van der Waals surface area contributed by atoms with Crippen molar-refractivity contribution < 1.29 is 13.9 Å². The fourth-order valence-corrected chi connectivity index (χ4v) is 4.34. The monoisotopic (exact) mass is 422 g/mol. The first-order chi connectivity index (χ1) is 14.2. The van der Waals surface area contributed by atoms with Gasteiger partial charge in [-0.1, -0.05) is 61.2 Å². The maximum atomic E-state index is 14.8. The summed E-state index contributed by atoms with van der Waals surface area (Å²) in [4.78, 5) is 11.7. The topological polar surface area (TPSA) is 44.1 Å². The molecule has 0 fully saturated rings. The minimum atomic E-state index is -1.37. The second kappa shape index (κ2) is 8.79. The van der Waals surface area contributed by atoms with E-state index in [0.29, 0.717) is 17.8 Å². The number of rotatable bonds is 6. The fourth-order valence-electron chi connectivity index (χ4n) is 3.17. The van der Waals surface area contributed by atoms with Crippen LogP contribution in [0, 0.1) is 6.92 Å². The van der Waals surface area contributed by atoms with E-state index >= 15 is 0 Å². The largest absolute Gasteiger partial charge is 0.465 e. The normalized spacial score (nSPS) is 12.1. The van der Waals surface area contributed by atoms with Gasteiger partial charge < -0.3 is 4.74 Å². The highest BCUT2D eigenvalue weighted by Crippen LogP contribution is 2.20. The molecule has 3 aromatic rings. The van der Waals surface area contributed by atoms with E-state index in [1.165, 1.54) is 18.4 Å². The lowest BCUT2D eigenvalue weighted by Crippen LogP contribution is -2.37. The van der Waals surface area contributed by atoms with E-state index in [-0.39, 0.29) is 11.8 Å². The lowest BCUT2D eigenvalue weighted by molar-refractivity contribution is 0.0600. The van der Waals surface area contributed by atoms with Crippen molar-refractivity contribution in [2.75, 3.05) is 7.11 Å². The van der Waals surface area contributed by atoms with Crippen molar-refractivity contribution in [3.63, 3.8) is 0 Å². The average molecular weight is 423 g/mol. The Hall–Kier alpha value is -2.99. The van der Waals surface area contributed by atoms with Crippen LogP contribution in [0.3, 0.4) is 0 Å². The molecule has 2 aromatic carbocycles. The maximum Gasteiger partial charge on any atom is 0.337 e. The molecule has 1 heterocycles. The number of nitrogens with zero attached hydrogens (tertiary/aromatic N) is 2. The number of aromatic nitrogens is 2. The predicted molar refractivity (Wildman–Crippen MR) is 122 cm³/mol. The molecule has 6 heteroatoms. The lowest BCUT2D eigenvalue weighted by atomic mass is 10.1. The van der Waals surface area contributed by atoms with Crippen molar-refractivity contribution in [2.45, 2.75) is 33.1 Å². The number of carbonyl (C=O) groups excluding carboxylic acids is 1. The van der Waals surface area contributed by atoms with Crippen LogP contribution in [-0.2, 0) is 11.3 Å². The van der Waals surface area contributed by atoms with Gasteiger partial charge in [0, 0.05) is 5.69 Å². The smallest absolute Gasteiger partial charge is 0.337 e. The molecule has 3 rings (SSSR count). The quantitative estimate of drug-likeness (QED) is 0.413. The number of esters is 1. The predicted octanol–water partition coefficient (Wildman–Crippen LogP) is 5.04. The van der Waals surface area contributed by atoms with Crippen LogP contribution in [0.4, 0.5) is 4.39 Å². The van der Waals surface area contributed by atoms with Crippen molar-refractivity contribution in [1.82, 2.24) is 9.78 Å². The van der Waals surface area contributed by atoms with Crippen molar-refractivity contribution in [3.05, 3.63) is 82.7 Å². The molecule has 0 N–H and O–H groups in total. The third kappa shape index (κ3) is 5.13. The molecule has 156 valence electrons. The first-order valence-corrected chi connectivity index (χ1v) is 13.4. The van der Waals surface area contributed by atoms with E-state index in [0.717, 1.165) is 16.8 Å². The molecule has 0 spiro atoms. The van der Waals surface area contributed by atoms with Crippen LogP contribution >= 0.6 is 0 Å². The first kappa shape index (κ1) is 21.7. The summed E-state index contributed by atoms with van der Waals surface area (Å²) in [6, 6.07) is 17.0. The van der Waals surface area contributed by atoms with E-state index < -0.39 is 8.07 Å². The number of methoxy groups -OCH3 is 1. The molecule has 0 amide bonds. The van der Waals surface area contributed by atoms with E-state index in [1.54, 1.807) is 28.9 Å². The highest BCUT2D eigenvalue weighted by molar-refractivity contribution is 6.88. The van der Waals surface area contributed by atoms with Gasteiger partial charge in [-0.15, -0.1) is 0 Å². The van der Waals surface area contributed by atoms with Gasteiger partial charge in [-0.3, -0.25) is 4.68 Å². The number of hydrogen-bond donors (Lipinski definition) is 0. The highest BCUT2D eigenvalue weighted by Gasteiger charge is 2.16. The molecule has 0 radical (unpaired) electrons. The van der Waals surface area contributed by atoms with Crippen LogP contribution in [0.1, 0.15) is 32.9 Å². The van der Waals surface area contributed by atoms with Gasteiger partial charge in [0.15, 0.2) is 5.83 Å². The van der Waals surface area contributed by atoms with Crippen molar-refractivity contribution >= 4 is 31.1 Å². The Bertz CT molecular complexity index is 1080. The van der Waals surface area contributed by atoms with Gasteiger partial charge in [-0.05, 0) is 42.3 Å². The summed E-state index contributed by atoms with van der Waals surface area (Å²) in [5.41, 5.74) is 3.32. The second-order valence-electron chi connectivity index (χ2n) is 8.38. The zero-order valence-electron chi connectivity index (χ0n) is 18.1. The van der Waals surface area contributed by atoms with Crippen LogP contribution in [0.25, 0.3) is 11.9 Å². The first-order valence-electron chi connectivity index (χ1n) is 9.87. The van der Waals surface area contributed by atoms with Crippen molar-refractivity contribution in [3.8, 4) is 0 Å². The number of carbonyl (C=O) groups is 1. The molecular weight excluding hydrogens is 395 g/mol. The van der Waals surface area contributed by atoms with Crippen molar-refractivity contribution in [1.29, 1.82) is 0 Å². The summed E-state index contributed by atoms with van der Waals surface area (Å²) in [7, 11) is -0.0205. The molecule has 0 saturated carbocycles. The third-order valence-corrected chi connectivity index (χ3v) is 7.04. The Labute approximate surface area is 178 Å². The van der Waals surface area contributed by atoms with Crippen LogP contribution in [0.5, 0.6) is 0 Å². The Balaban J connectivity index is 1.80. The number of benzene rings is 2. The van der Waals surface area contributed by atoms with Crippen LogP contribution in [0.15, 0.2) is 54.6 Å². The molecular formula is C24H27FN2O2Si. The number of ether oxygens (including phenoxy) is 1. The van der Waals surface area contributed by atoms with Gasteiger partial charge in [0.05, 0.1) is 27.3 Å². The third-order valence-electron chi connectivity index (χ3n) is 4.98. The molecule has 30 heavy (non-hydrogen) atoms. The Morgan fingerprint density at radius 1 is 1.13 bits per heavy atom. The summed E-state index contributed by atoms with van der Waals surface area (Å²) >= 11 is 0. The second-order valence-corrected chi connectivity index (χ2v) is 13.5. The number of hydrogen-bond acceptors (Lipinski definition) is 3. The lowest BCUT2D eigenvalue weighted by Gasteiger charge is -2.16. The van der Waals surface area contributed by atoms with Crippen LogP contribution in [-0.4, -0.2) is 30.9 Å². The fraction of sp³-hybridized carbons (Fsp3) is 0.250. The van der Waals surface area contributed by atoms with Gasteiger partial charge in [0.25, 0.3) is 0 Å². The summed E-state index contributed by atoms with van der Waals surface area (Å²) in [5.74, 6) is -0.759. The minimum Gasteiger partial charge on any atom is -0.465 e. The molecule has 0 aliphatic carbocycles. The Kier molecular flexibility index (Phi) is 6.36. The summed E-state index contributed by atoms with van der Waals surface area (Å²) < 4.78 is 21.3. The minimum absolute atomic E-state index is 0.297.